The minimum absolute atomic E-state index is 0.0935. The molecule has 0 radical (unpaired) electrons. The zero-order valence-electron chi connectivity index (χ0n) is 13.1. The van der Waals surface area contributed by atoms with Gasteiger partial charge in [0.15, 0.2) is 0 Å². The number of hydrogen-bond acceptors (Lipinski definition) is 3. The van der Waals surface area contributed by atoms with E-state index in [1.807, 2.05) is 37.3 Å². The minimum atomic E-state index is -0.0935. The van der Waals surface area contributed by atoms with E-state index >= 15 is 0 Å². The minimum Gasteiger partial charge on any atom is -0.309 e. The van der Waals surface area contributed by atoms with E-state index in [0.29, 0.717) is 17.8 Å². The molecule has 23 heavy (non-hydrogen) atoms. The summed E-state index contributed by atoms with van der Waals surface area (Å²) >= 11 is 3.56. The second-order valence-corrected chi connectivity index (χ2v) is 6.46. The van der Waals surface area contributed by atoms with Gasteiger partial charge in [-0.25, -0.2) is 4.98 Å². The van der Waals surface area contributed by atoms with E-state index in [9.17, 15) is 4.79 Å². The Balaban J connectivity index is 1.84. The van der Waals surface area contributed by atoms with Crippen LogP contribution in [-0.4, -0.2) is 9.97 Å². The normalized spacial score (nSPS) is 12.5. The van der Waals surface area contributed by atoms with Crippen molar-refractivity contribution >= 4 is 26.8 Å². The van der Waals surface area contributed by atoms with Gasteiger partial charge in [0.05, 0.1) is 17.4 Å². The van der Waals surface area contributed by atoms with Crippen LogP contribution in [0.25, 0.3) is 10.9 Å². The summed E-state index contributed by atoms with van der Waals surface area (Å²) < 4.78 is 1.07. The number of hydrogen-bond donors (Lipinski definition) is 2. The highest BCUT2D eigenvalue weighted by Crippen LogP contribution is 2.22. The first kappa shape index (κ1) is 15.9. The van der Waals surface area contributed by atoms with Crippen molar-refractivity contribution in [3.8, 4) is 0 Å². The van der Waals surface area contributed by atoms with Gasteiger partial charge in [-0.2, -0.15) is 0 Å². The fraction of sp³-hybridized carbons (Fsp3) is 0.222. The molecule has 3 rings (SSSR count). The zero-order chi connectivity index (χ0) is 16.4. The van der Waals surface area contributed by atoms with E-state index in [1.165, 1.54) is 5.56 Å². The number of aromatic amines is 1. The highest BCUT2D eigenvalue weighted by molar-refractivity contribution is 9.10. The number of fused-ring (bicyclic) bond motifs is 1. The van der Waals surface area contributed by atoms with E-state index in [1.54, 1.807) is 6.07 Å². The zero-order valence-corrected chi connectivity index (χ0v) is 14.6. The van der Waals surface area contributed by atoms with Gasteiger partial charge in [0.1, 0.15) is 5.82 Å². The first-order valence-corrected chi connectivity index (χ1v) is 8.32. The van der Waals surface area contributed by atoms with Gasteiger partial charge < -0.3 is 10.3 Å². The predicted octanol–water partition coefficient (Wildman–Crippen LogP) is 3.84. The Labute approximate surface area is 143 Å². The van der Waals surface area contributed by atoms with Gasteiger partial charge in [0.25, 0.3) is 5.56 Å². The lowest BCUT2D eigenvalue weighted by Gasteiger charge is -2.15. The number of H-pyrrole nitrogens is 1. The van der Waals surface area contributed by atoms with Gasteiger partial charge in [-0.05, 0) is 37.1 Å². The van der Waals surface area contributed by atoms with Gasteiger partial charge in [-0.15, -0.1) is 0 Å². The molecule has 3 aromatic rings. The van der Waals surface area contributed by atoms with Crippen LogP contribution in [0.1, 0.15) is 29.9 Å². The summed E-state index contributed by atoms with van der Waals surface area (Å²) in [5, 5.41) is 4.04. The van der Waals surface area contributed by atoms with Crippen molar-refractivity contribution in [1.29, 1.82) is 0 Å². The number of para-hydroxylation sites is 1. The molecular formula is C18H18BrN3O. The van der Waals surface area contributed by atoms with Gasteiger partial charge in [0, 0.05) is 10.5 Å². The molecule has 0 amide bonds. The van der Waals surface area contributed by atoms with Gasteiger partial charge in [-0.3, -0.25) is 4.79 Å². The van der Waals surface area contributed by atoms with E-state index in [0.717, 1.165) is 15.6 Å². The summed E-state index contributed by atoms with van der Waals surface area (Å²) in [4.78, 5) is 19.6. The van der Waals surface area contributed by atoms with Crippen LogP contribution in [0.15, 0.2) is 51.7 Å². The number of halogens is 1. The maximum atomic E-state index is 12.2. The summed E-state index contributed by atoms with van der Waals surface area (Å²) in [6.45, 7) is 4.56. The smallest absolute Gasteiger partial charge is 0.258 e. The van der Waals surface area contributed by atoms with Crippen LogP contribution in [0, 0.1) is 6.92 Å². The molecule has 0 saturated carbocycles. The summed E-state index contributed by atoms with van der Waals surface area (Å²) in [5.41, 5.74) is 2.85. The van der Waals surface area contributed by atoms with E-state index in [4.69, 9.17) is 0 Å². The van der Waals surface area contributed by atoms with Crippen LogP contribution in [0.3, 0.4) is 0 Å². The number of rotatable bonds is 4. The van der Waals surface area contributed by atoms with Crippen LogP contribution < -0.4 is 10.9 Å². The molecular weight excluding hydrogens is 354 g/mol. The highest BCUT2D eigenvalue weighted by atomic mass is 79.9. The first-order chi connectivity index (χ1) is 11.1. The Morgan fingerprint density at radius 3 is 2.78 bits per heavy atom. The van der Waals surface area contributed by atoms with Crippen molar-refractivity contribution in [3.05, 3.63) is 74.2 Å². The van der Waals surface area contributed by atoms with Crippen LogP contribution >= 0.6 is 15.9 Å². The SMILES string of the molecule is Cc1cccc2c(=O)[nH]c(CN[C@H](C)c3ccccc3Br)nc12. The topological polar surface area (TPSA) is 57.8 Å². The molecule has 0 saturated heterocycles. The number of benzene rings is 2. The molecule has 4 nitrogen and oxygen atoms in total. The van der Waals surface area contributed by atoms with Crippen molar-refractivity contribution in [2.75, 3.05) is 0 Å². The highest BCUT2D eigenvalue weighted by Gasteiger charge is 2.10. The molecule has 1 atom stereocenters. The Hall–Kier alpha value is -1.98. The molecule has 0 spiro atoms. The fourth-order valence-corrected chi connectivity index (χ4v) is 3.25. The quantitative estimate of drug-likeness (QED) is 0.732. The Morgan fingerprint density at radius 1 is 1.22 bits per heavy atom. The van der Waals surface area contributed by atoms with Gasteiger partial charge >= 0.3 is 0 Å². The maximum Gasteiger partial charge on any atom is 0.258 e. The molecule has 0 aliphatic carbocycles. The molecule has 0 bridgehead atoms. The Morgan fingerprint density at radius 2 is 2.00 bits per heavy atom. The molecule has 0 unspecified atom stereocenters. The third-order valence-electron chi connectivity index (χ3n) is 3.93. The fourth-order valence-electron chi connectivity index (χ4n) is 2.62. The van der Waals surface area contributed by atoms with E-state index in [-0.39, 0.29) is 11.6 Å². The van der Waals surface area contributed by atoms with Crippen molar-refractivity contribution in [2.24, 2.45) is 0 Å². The third kappa shape index (κ3) is 3.35. The summed E-state index contributed by atoms with van der Waals surface area (Å²) in [5.74, 6) is 0.649. The monoisotopic (exact) mass is 371 g/mol. The summed E-state index contributed by atoms with van der Waals surface area (Å²) in [6, 6.07) is 13.9. The molecule has 0 aliphatic heterocycles. The lowest BCUT2D eigenvalue weighted by Crippen LogP contribution is -2.22. The van der Waals surface area contributed by atoms with E-state index in [2.05, 4.69) is 44.2 Å². The van der Waals surface area contributed by atoms with Crippen LogP contribution in [0.2, 0.25) is 0 Å². The lowest BCUT2D eigenvalue weighted by atomic mass is 10.1. The summed E-state index contributed by atoms with van der Waals surface area (Å²) in [6.07, 6.45) is 0. The van der Waals surface area contributed by atoms with Crippen LogP contribution in [-0.2, 0) is 6.54 Å². The van der Waals surface area contributed by atoms with Gasteiger partial charge in [0.2, 0.25) is 0 Å². The molecule has 118 valence electrons. The molecule has 2 aromatic carbocycles. The van der Waals surface area contributed by atoms with Crippen LogP contribution in [0.4, 0.5) is 0 Å². The first-order valence-electron chi connectivity index (χ1n) is 7.52. The average molecular weight is 372 g/mol. The maximum absolute atomic E-state index is 12.2. The van der Waals surface area contributed by atoms with Crippen molar-refractivity contribution in [2.45, 2.75) is 26.4 Å². The Bertz CT molecular complexity index is 904. The number of aryl methyl sites for hydroxylation is 1. The van der Waals surface area contributed by atoms with Crippen molar-refractivity contribution < 1.29 is 0 Å². The molecule has 5 heteroatoms. The van der Waals surface area contributed by atoms with Crippen LogP contribution in [0.5, 0.6) is 0 Å². The molecule has 1 aromatic heterocycles. The lowest BCUT2D eigenvalue weighted by molar-refractivity contribution is 0.558. The summed E-state index contributed by atoms with van der Waals surface area (Å²) in [7, 11) is 0. The molecule has 0 fully saturated rings. The van der Waals surface area contributed by atoms with Gasteiger partial charge in [-0.1, -0.05) is 46.3 Å². The molecule has 1 heterocycles. The standard InChI is InChI=1S/C18H18BrN3O/c1-11-6-5-8-14-17(11)21-16(22-18(14)23)10-20-12(2)13-7-3-4-9-15(13)19/h3-9,12,20H,10H2,1-2H3,(H,21,22,23)/t12-/m1/s1. The van der Waals surface area contributed by atoms with Crippen molar-refractivity contribution in [3.63, 3.8) is 0 Å². The average Bonchev–Trinajstić information content (AvgIpc) is 2.54. The van der Waals surface area contributed by atoms with Crippen molar-refractivity contribution in [1.82, 2.24) is 15.3 Å². The second-order valence-electron chi connectivity index (χ2n) is 5.61. The van der Waals surface area contributed by atoms with E-state index < -0.39 is 0 Å². The molecule has 0 aliphatic rings. The number of nitrogens with one attached hydrogen (secondary N) is 2. The second kappa shape index (κ2) is 6.64. The largest absolute Gasteiger partial charge is 0.309 e. The number of aromatic nitrogens is 2. The predicted molar refractivity (Wildman–Crippen MR) is 96.5 cm³/mol. The Kier molecular flexibility index (Phi) is 4.59. The third-order valence-corrected chi connectivity index (χ3v) is 4.66. The molecule has 2 N–H and O–H groups in total. The number of nitrogens with zero attached hydrogens (tertiary/aromatic N) is 1.